The number of carbonyl (C=O) groups excluding carboxylic acids is 3. The molecule has 1 aromatic rings. The monoisotopic (exact) mass is 463 g/mol. The summed E-state index contributed by atoms with van der Waals surface area (Å²) >= 11 is 0. The Bertz CT molecular complexity index is 1000. The molecular formula is C22H29N3O6S. The van der Waals surface area contributed by atoms with E-state index < -0.39 is 28.0 Å². The van der Waals surface area contributed by atoms with Gasteiger partial charge in [0.2, 0.25) is 15.9 Å². The molecule has 2 heterocycles. The third-order valence-electron chi connectivity index (χ3n) is 6.60. The second-order valence-electron chi connectivity index (χ2n) is 9.10. The smallest absolute Gasteiger partial charge is 0.251 e. The number of ketones is 1. The molecule has 0 unspecified atom stereocenters. The van der Waals surface area contributed by atoms with Gasteiger partial charge in [-0.15, -0.1) is 0 Å². The molecule has 32 heavy (non-hydrogen) atoms. The van der Waals surface area contributed by atoms with Crippen molar-refractivity contribution < 1.29 is 27.5 Å². The van der Waals surface area contributed by atoms with Crippen LogP contribution in [0.15, 0.2) is 24.3 Å². The molecule has 0 radical (unpaired) electrons. The van der Waals surface area contributed by atoms with Gasteiger partial charge in [-0.25, -0.2) is 8.42 Å². The summed E-state index contributed by atoms with van der Waals surface area (Å²) in [4.78, 5) is 40.5. The van der Waals surface area contributed by atoms with Crippen molar-refractivity contribution in [1.82, 2.24) is 10.2 Å². The number of nitrogens with zero attached hydrogens (tertiary/aromatic N) is 1. The molecule has 4 rings (SSSR count). The Kier molecular flexibility index (Phi) is 6.26. The molecule has 3 fully saturated rings. The number of ether oxygens (including phenoxy) is 1. The molecule has 0 spiro atoms. The van der Waals surface area contributed by atoms with Crippen molar-refractivity contribution in [3.05, 3.63) is 29.8 Å². The van der Waals surface area contributed by atoms with Gasteiger partial charge in [0.05, 0.1) is 12.4 Å². The number of hydrogen-bond donors (Lipinski definition) is 2. The predicted molar refractivity (Wildman–Crippen MR) is 118 cm³/mol. The minimum Gasteiger partial charge on any atom is -0.367 e. The summed E-state index contributed by atoms with van der Waals surface area (Å²) < 4.78 is 30.7. The van der Waals surface area contributed by atoms with Crippen LogP contribution in [0.1, 0.15) is 43.0 Å². The molecule has 9 nitrogen and oxygen atoms in total. The highest BCUT2D eigenvalue weighted by atomic mass is 32.2. The lowest BCUT2D eigenvalue weighted by atomic mass is 9.95. The fraction of sp³-hybridized carbons (Fsp3) is 0.591. The molecule has 0 aromatic heterocycles. The third kappa shape index (κ3) is 4.66. The maximum absolute atomic E-state index is 13.6. The maximum atomic E-state index is 13.6. The highest BCUT2D eigenvalue weighted by Crippen LogP contribution is 2.34. The first-order valence-electron chi connectivity index (χ1n) is 11.0. The lowest BCUT2D eigenvalue weighted by molar-refractivity contribution is -0.139. The number of fused-ring (bicyclic) bond motifs is 1. The SMILES string of the molecule is C[C@@H]1CN(C(=O)[C@@H](NC(=O)c2ccc(NS(C)(=O)=O)cc2)C2CCCC2)[C@@H]2C(=O)CO[C@H]12. The van der Waals surface area contributed by atoms with Gasteiger partial charge in [0.25, 0.3) is 5.91 Å². The fourth-order valence-corrected chi connectivity index (χ4v) is 5.66. The van der Waals surface area contributed by atoms with Crippen LogP contribution in [0.4, 0.5) is 5.69 Å². The summed E-state index contributed by atoms with van der Waals surface area (Å²) in [5, 5.41) is 2.91. The standard InChI is InChI=1S/C22H29N3O6S/c1-13-11-25(19-17(26)12-31-20(13)19)22(28)18(14-5-3-4-6-14)23-21(27)15-7-9-16(10-8-15)24-32(2,29)30/h7-10,13-14,18-20,24H,3-6,11-12H2,1-2H3,(H,23,27)/t13-,18+,19-,20-/m1/s1. The molecule has 2 amide bonds. The van der Waals surface area contributed by atoms with Crippen molar-refractivity contribution in [2.45, 2.75) is 50.8 Å². The van der Waals surface area contributed by atoms with Crippen LogP contribution in [0.2, 0.25) is 0 Å². The largest absolute Gasteiger partial charge is 0.367 e. The number of anilines is 1. The molecule has 2 saturated heterocycles. The Labute approximate surface area is 187 Å². The first-order valence-corrected chi connectivity index (χ1v) is 12.9. The van der Waals surface area contributed by atoms with Crippen molar-refractivity contribution in [2.75, 3.05) is 24.1 Å². The van der Waals surface area contributed by atoms with Crippen molar-refractivity contribution in [2.24, 2.45) is 11.8 Å². The Morgan fingerprint density at radius 3 is 2.44 bits per heavy atom. The van der Waals surface area contributed by atoms with Crippen LogP contribution in [-0.4, -0.2) is 68.5 Å². The highest BCUT2D eigenvalue weighted by Gasteiger charge is 2.52. The lowest BCUT2D eigenvalue weighted by Gasteiger charge is -2.30. The Hall–Kier alpha value is -2.46. The fourth-order valence-electron chi connectivity index (χ4n) is 5.10. The zero-order chi connectivity index (χ0) is 23.0. The van der Waals surface area contributed by atoms with Crippen LogP contribution >= 0.6 is 0 Å². The molecule has 1 aromatic carbocycles. The number of sulfonamides is 1. The van der Waals surface area contributed by atoms with Crippen molar-refractivity contribution in [1.29, 1.82) is 0 Å². The molecule has 1 aliphatic carbocycles. The summed E-state index contributed by atoms with van der Waals surface area (Å²) in [6.45, 7) is 2.43. The van der Waals surface area contributed by atoms with E-state index in [9.17, 15) is 22.8 Å². The molecule has 2 N–H and O–H groups in total. The summed E-state index contributed by atoms with van der Waals surface area (Å²) in [6.07, 6.45) is 4.46. The van der Waals surface area contributed by atoms with Crippen LogP contribution in [0.25, 0.3) is 0 Å². The Morgan fingerprint density at radius 2 is 1.81 bits per heavy atom. The number of amides is 2. The van der Waals surface area contributed by atoms with Gasteiger partial charge >= 0.3 is 0 Å². The molecule has 174 valence electrons. The van der Waals surface area contributed by atoms with Crippen LogP contribution in [0, 0.1) is 11.8 Å². The van der Waals surface area contributed by atoms with E-state index in [2.05, 4.69) is 10.0 Å². The quantitative estimate of drug-likeness (QED) is 0.653. The van der Waals surface area contributed by atoms with Gasteiger partial charge in [0, 0.05) is 23.7 Å². The summed E-state index contributed by atoms with van der Waals surface area (Å²) in [5.41, 5.74) is 0.678. The average Bonchev–Trinajstić information content (AvgIpc) is 3.45. The minimum absolute atomic E-state index is 0.0180. The van der Waals surface area contributed by atoms with Gasteiger partial charge in [0.1, 0.15) is 18.7 Å². The number of Topliss-reactive ketones (excluding diaryl/α,β-unsaturated/α-hetero) is 1. The van der Waals surface area contributed by atoms with Crippen molar-refractivity contribution in [3.8, 4) is 0 Å². The number of likely N-dealkylation sites (tertiary alicyclic amines) is 1. The molecule has 2 aliphatic heterocycles. The van der Waals surface area contributed by atoms with E-state index in [1.807, 2.05) is 6.92 Å². The summed E-state index contributed by atoms with van der Waals surface area (Å²) in [5.74, 6) is -0.634. The zero-order valence-electron chi connectivity index (χ0n) is 18.2. The minimum atomic E-state index is -3.42. The van der Waals surface area contributed by atoms with Crippen LogP contribution in [-0.2, 0) is 24.3 Å². The van der Waals surface area contributed by atoms with E-state index in [4.69, 9.17) is 4.74 Å². The van der Waals surface area contributed by atoms with E-state index in [0.29, 0.717) is 17.8 Å². The van der Waals surface area contributed by atoms with Gasteiger partial charge in [-0.2, -0.15) is 0 Å². The lowest BCUT2D eigenvalue weighted by Crippen LogP contribution is -2.54. The number of nitrogens with one attached hydrogen (secondary N) is 2. The predicted octanol–water partition coefficient (Wildman–Crippen LogP) is 1.16. The van der Waals surface area contributed by atoms with E-state index in [1.165, 1.54) is 24.3 Å². The number of carbonyl (C=O) groups is 3. The number of benzene rings is 1. The Morgan fingerprint density at radius 1 is 1.16 bits per heavy atom. The summed E-state index contributed by atoms with van der Waals surface area (Å²) in [7, 11) is -3.42. The van der Waals surface area contributed by atoms with Crippen molar-refractivity contribution in [3.63, 3.8) is 0 Å². The first kappa shape index (κ1) is 22.7. The van der Waals surface area contributed by atoms with Crippen LogP contribution in [0.3, 0.4) is 0 Å². The molecule has 0 bridgehead atoms. The van der Waals surface area contributed by atoms with Gasteiger partial charge in [-0.1, -0.05) is 19.8 Å². The van der Waals surface area contributed by atoms with E-state index in [0.717, 1.165) is 31.9 Å². The van der Waals surface area contributed by atoms with Crippen LogP contribution in [0.5, 0.6) is 0 Å². The number of rotatable bonds is 6. The molecule has 1 saturated carbocycles. The van der Waals surface area contributed by atoms with Crippen molar-refractivity contribution >= 4 is 33.3 Å². The molecule has 3 aliphatic rings. The maximum Gasteiger partial charge on any atom is 0.251 e. The van der Waals surface area contributed by atoms with Crippen LogP contribution < -0.4 is 10.0 Å². The normalized spacial score (nSPS) is 26.8. The first-order chi connectivity index (χ1) is 15.1. The Balaban J connectivity index is 1.51. The van der Waals surface area contributed by atoms with Gasteiger partial charge in [-0.05, 0) is 43.0 Å². The second-order valence-corrected chi connectivity index (χ2v) is 10.9. The molecule has 10 heteroatoms. The third-order valence-corrected chi connectivity index (χ3v) is 7.20. The van der Waals surface area contributed by atoms with Gasteiger partial charge < -0.3 is 15.0 Å². The molecule has 4 atom stereocenters. The topological polar surface area (TPSA) is 122 Å². The van der Waals surface area contributed by atoms with Gasteiger partial charge in [-0.3, -0.25) is 19.1 Å². The second kappa shape index (κ2) is 8.82. The molecular weight excluding hydrogens is 434 g/mol. The van der Waals surface area contributed by atoms with Gasteiger partial charge in [0.15, 0.2) is 5.78 Å². The van der Waals surface area contributed by atoms with E-state index in [-0.39, 0.29) is 36.2 Å². The average molecular weight is 464 g/mol. The van der Waals surface area contributed by atoms with E-state index in [1.54, 1.807) is 4.90 Å². The number of hydrogen-bond acceptors (Lipinski definition) is 6. The van der Waals surface area contributed by atoms with E-state index >= 15 is 0 Å². The summed E-state index contributed by atoms with van der Waals surface area (Å²) in [6, 6.07) is 4.76. The highest BCUT2D eigenvalue weighted by molar-refractivity contribution is 7.92. The zero-order valence-corrected chi connectivity index (χ0v) is 19.1.